The topological polar surface area (TPSA) is 71.7 Å². The number of nitrogens with zero attached hydrogens (tertiary/aromatic N) is 3. The van der Waals surface area contributed by atoms with E-state index in [0.717, 1.165) is 58.3 Å². The number of anilines is 1. The fraction of sp³-hybridized carbons (Fsp3) is 0.765. The van der Waals surface area contributed by atoms with Gasteiger partial charge in [-0.15, -0.1) is 11.3 Å². The highest BCUT2D eigenvalue weighted by Gasteiger charge is 2.32. The van der Waals surface area contributed by atoms with Crippen LogP contribution in [0.4, 0.5) is 9.93 Å². The van der Waals surface area contributed by atoms with E-state index in [1.165, 1.54) is 17.7 Å². The van der Waals surface area contributed by atoms with Gasteiger partial charge < -0.3 is 15.4 Å². The highest BCUT2D eigenvalue weighted by Crippen LogP contribution is 2.31. The van der Waals surface area contributed by atoms with Crippen molar-refractivity contribution in [1.29, 1.82) is 0 Å². The van der Waals surface area contributed by atoms with E-state index >= 15 is 0 Å². The number of nitrogen functional groups attached to an aromatic ring is 1. The van der Waals surface area contributed by atoms with E-state index in [9.17, 15) is 4.79 Å². The lowest BCUT2D eigenvalue weighted by Gasteiger charge is -2.35. The van der Waals surface area contributed by atoms with Gasteiger partial charge in [-0.05, 0) is 44.6 Å². The van der Waals surface area contributed by atoms with E-state index in [-0.39, 0.29) is 6.09 Å². The molecule has 0 bridgehead atoms. The van der Waals surface area contributed by atoms with Crippen LogP contribution < -0.4 is 5.73 Å². The molecule has 2 aliphatic rings. The molecule has 1 amide bonds. The summed E-state index contributed by atoms with van der Waals surface area (Å²) in [4.78, 5) is 22.0. The molecule has 2 heterocycles. The van der Waals surface area contributed by atoms with Crippen LogP contribution in [0, 0.1) is 5.92 Å². The lowest BCUT2D eigenvalue weighted by Crippen LogP contribution is -2.43. The Hall–Kier alpha value is -1.34. The lowest BCUT2D eigenvalue weighted by atomic mass is 9.95. The summed E-state index contributed by atoms with van der Waals surface area (Å²) in [5.41, 5.74) is 7.08. The number of methoxy groups -OCH3 is 1. The zero-order valence-electron chi connectivity index (χ0n) is 14.7. The minimum Gasteiger partial charge on any atom is -0.453 e. The smallest absolute Gasteiger partial charge is 0.409 e. The number of amides is 1. The van der Waals surface area contributed by atoms with E-state index in [4.69, 9.17) is 10.5 Å². The second-order valence-corrected chi connectivity index (χ2v) is 8.00. The maximum Gasteiger partial charge on any atom is 0.409 e. The summed E-state index contributed by atoms with van der Waals surface area (Å²) in [6, 6.07) is 0.574. The first-order chi connectivity index (χ1) is 11.6. The van der Waals surface area contributed by atoms with Crippen molar-refractivity contribution in [3.8, 4) is 0 Å². The van der Waals surface area contributed by atoms with Crippen LogP contribution in [0.15, 0.2) is 0 Å². The predicted molar refractivity (Wildman–Crippen MR) is 96.3 cm³/mol. The average molecular weight is 353 g/mol. The van der Waals surface area contributed by atoms with Crippen molar-refractivity contribution in [3.63, 3.8) is 0 Å². The molecule has 1 aliphatic carbocycles. The standard InChI is InChI=1S/C17H28N4O2S/c1-3-7-20(10-12-6-8-21(11-12)17(22)23-2)13-4-5-14-15(9-13)24-16(18)19-14/h12-13H,3-11H2,1-2H3,(H2,18,19). The Morgan fingerprint density at radius 2 is 2.33 bits per heavy atom. The van der Waals surface area contributed by atoms with Crippen LogP contribution >= 0.6 is 11.3 Å². The van der Waals surface area contributed by atoms with Crippen molar-refractivity contribution in [1.82, 2.24) is 14.8 Å². The number of carbonyl (C=O) groups is 1. The fourth-order valence-electron chi connectivity index (χ4n) is 4.01. The third-order valence-electron chi connectivity index (χ3n) is 5.17. The van der Waals surface area contributed by atoms with Crippen molar-refractivity contribution in [2.75, 3.05) is 39.0 Å². The van der Waals surface area contributed by atoms with Crippen molar-refractivity contribution in [2.24, 2.45) is 5.92 Å². The van der Waals surface area contributed by atoms with E-state index < -0.39 is 0 Å². The third kappa shape index (κ3) is 3.83. The van der Waals surface area contributed by atoms with E-state index in [2.05, 4.69) is 16.8 Å². The quantitative estimate of drug-likeness (QED) is 0.881. The summed E-state index contributed by atoms with van der Waals surface area (Å²) in [6.07, 6.45) is 5.29. The summed E-state index contributed by atoms with van der Waals surface area (Å²) >= 11 is 1.65. The molecule has 1 aromatic rings. The number of ether oxygens (including phenoxy) is 1. The number of hydrogen-bond acceptors (Lipinski definition) is 6. The summed E-state index contributed by atoms with van der Waals surface area (Å²) in [5, 5.41) is 0.701. The van der Waals surface area contributed by atoms with Gasteiger partial charge >= 0.3 is 6.09 Å². The first-order valence-corrected chi connectivity index (χ1v) is 9.73. The van der Waals surface area contributed by atoms with Crippen molar-refractivity contribution >= 4 is 22.6 Å². The number of likely N-dealkylation sites (tertiary alicyclic amines) is 1. The van der Waals surface area contributed by atoms with Gasteiger partial charge in [0, 0.05) is 30.6 Å². The molecule has 1 aromatic heterocycles. The van der Waals surface area contributed by atoms with Gasteiger partial charge in [-0.3, -0.25) is 4.90 Å². The molecular formula is C17H28N4O2S. The molecule has 0 spiro atoms. The molecule has 3 rings (SSSR count). The van der Waals surface area contributed by atoms with Gasteiger partial charge in [0.2, 0.25) is 0 Å². The number of carbonyl (C=O) groups excluding carboxylic acids is 1. The largest absolute Gasteiger partial charge is 0.453 e. The monoisotopic (exact) mass is 352 g/mol. The Labute approximate surface area is 148 Å². The van der Waals surface area contributed by atoms with Crippen molar-refractivity contribution in [3.05, 3.63) is 10.6 Å². The Morgan fingerprint density at radius 1 is 1.50 bits per heavy atom. The zero-order chi connectivity index (χ0) is 17.1. The average Bonchev–Trinajstić information content (AvgIpc) is 3.18. The molecule has 134 valence electrons. The number of hydrogen-bond donors (Lipinski definition) is 1. The van der Waals surface area contributed by atoms with Crippen LogP contribution in [0.1, 0.15) is 36.8 Å². The Balaban J connectivity index is 1.60. The van der Waals surface area contributed by atoms with Gasteiger partial charge in [-0.1, -0.05) is 6.92 Å². The van der Waals surface area contributed by atoms with Crippen LogP contribution in [0.5, 0.6) is 0 Å². The summed E-state index contributed by atoms with van der Waals surface area (Å²) < 4.78 is 4.85. The van der Waals surface area contributed by atoms with Crippen molar-refractivity contribution in [2.45, 2.75) is 45.1 Å². The van der Waals surface area contributed by atoms with Gasteiger partial charge in [-0.2, -0.15) is 0 Å². The molecule has 1 aliphatic heterocycles. The van der Waals surface area contributed by atoms with E-state index in [0.29, 0.717) is 17.1 Å². The molecule has 0 saturated carbocycles. The minimum atomic E-state index is -0.193. The number of nitrogens with two attached hydrogens (primary N) is 1. The van der Waals surface area contributed by atoms with Crippen LogP contribution in [0.25, 0.3) is 0 Å². The number of aryl methyl sites for hydroxylation is 1. The Morgan fingerprint density at radius 3 is 3.08 bits per heavy atom. The van der Waals surface area contributed by atoms with E-state index in [1.807, 2.05) is 4.90 Å². The van der Waals surface area contributed by atoms with Crippen LogP contribution in [-0.4, -0.2) is 60.2 Å². The maximum absolute atomic E-state index is 11.7. The normalized spacial score (nSPS) is 23.5. The van der Waals surface area contributed by atoms with Crippen LogP contribution in [-0.2, 0) is 17.6 Å². The van der Waals surface area contributed by atoms with Gasteiger partial charge in [0.1, 0.15) is 0 Å². The molecule has 1 saturated heterocycles. The third-order valence-corrected chi connectivity index (χ3v) is 6.12. The number of thiazole rings is 1. The molecule has 0 radical (unpaired) electrons. The molecule has 0 aromatic carbocycles. The summed E-state index contributed by atoms with van der Waals surface area (Å²) in [7, 11) is 1.46. The molecule has 24 heavy (non-hydrogen) atoms. The Kier molecular flexibility index (Phi) is 5.61. The maximum atomic E-state index is 11.7. The highest BCUT2D eigenvalue weighted by molar-refractivity contribution is 7.15. The SMILES string of the molecule is CCCN(CC1CCN(C(=O)OC)C1)C1CCc2nc(N)sc2C1. The van der Waals surface area contributed by atoms with E-state index in [1.54, 1.807) is 11.3 Å². The molecule has 2 atom stereocenters. The summed E-state index contributed by atoms with van der Waals surface area (Å²) in [6.45, 7) is 6.05. The molecule has 2 unspecified atom stereocenters. The van der Waals surface area contributed by atoms with Crippen molar-refractivity contribution < 1.29 is 9.53 Å². The first kappa shape index (κ1) is 17.5. The molecular weight excluding hydrogens is 324 g/mol. The minimum absolute atomic E-state index is 0.193. The Bertz CT molecular complexity index is 577. The second-order valence-electron chi connectivity index (χ2n) is 6.88. The van der Waals surface area contributed by atoms with Gasteiger partial charge in [0.05, 0.1) is 12.8 Å². The van der Waals surface area contributed by atoms with Crippen LogP contribution in [0.2, 0.25) is 0 Å². The zero-order valence-corrected chi connectivity index (χ0v) is 15.5. The number of fused-ring (bicyclic) bond motifs is 1. The molecule has 2 N–H and O–H groups in total. The predicted octanol–water partition coefficient (Wildman–Crippen LogP) is 2.38. The summed E-state index contributed by atoms with van der Waals surface area (Å²) in [5.74, 6) is 0.545. The second kappa shape index (κ2) is 7.70. The number of aromatic nitrogens is 1. The lowest BCUT2D eigenvalue weighted by molar-refractivity contribution is 0.126. The first-order valence-electron chi connectivity index (χ1n) is 8.91. The number of rotatable bonds is 5. The highest BCUT2D eigenvalue weighted by atomic mass is 32.1. The van der Waals surface area contributed by atoms with Gasteiger partial charge in [0.25, 0.3) is 0 Å². The van der Waals surface area contributed by atoms with Crippen LogP contribution in [0.3, 0.4) is 0 Å². The van der Waals surface area contributed by atoms with Gasteiger partial charge in [0.15, 0.2) is 5.13 Å². The van der Waals surface area contributed by atoms with Gasteiger partial charge in [-0.25, -0.2) is 9.78 Å². The molecule has 1 fully saturated rings. The molecule has 6 nitrogen and oxygen atoms in total. The fourth-order valence-corrected chi connectivity index (χ4v) is 4.96. The molecule has 7 heteroatoms.